The van der Waals surface area contributed by atoms with Gasteiger partial charge in [0.25, 0.3) is 5.91 Å². The van der Waals surface area contributed by atoms with Gasteiger partial charge in [0.05, 0.1) is 16.5 Å². The lowest BCUT2D eigenvalue weighted by atomic mass is 10.00. The molecule has 0 saturated carbocycles. The molecule has 0 spiro atoms. The molecule has 1 aliphatic heterocycles. The minimum Gasteiger partial charge on any atom is -0.380 e. The van der Waals surface area contributed by atoms with Gasteiger partial charge >= 0.3 is 0 Å². The van der Waals surface area contributed by atoms with E-state index in [1.807, 2.05) is 16.3 Å². The number of rotatable bonds is 3. The van der Waals surface area contributed by atoms with Gasteiger partial charge in [-0.25, -0.2) is 9.97 Å². The lowest BCUT2D eigenvalue weighted by molar-refractivity contribution is 0.0109. The second-order valence-corrected chi connectivity index (χ2v) is 6.39. The van der Waals surface area contributed by atoms with Gasteiger partial charge in [0.15, 0.2) is 5.82 Å². The summed E-state index contributed by atoms with van der Waals surface area (Å²) in [6.45, 7) is 2.73. The van der Waals surface area contributed by atoms with Crippen molar-refractivity contribution in [3.05, 3.63) is 35.5 Å². The summed E-state index contributed by atoms with van der Waals surface area (Å²) in [5.74, 6) is 0.645. The summed E-state index contributed by atoms with van der Waals surface area (Å²) in [6.07, 6.45) is 5.47. The molecule has 2 aromatic rings. The highest BCUT2D eigenvalue weighted by Gasteiger charge is 2.31. The van der Waals surface area contributed by atoms with Crippen LogP contribution in [0.1, 0.15) is 30.1 Å². The molecule has 1 amide bonds. The van der Waals surface area contributed by atoms with Gasteiger partial charge in [-0.3, -0.25) is 4.79 Å². The number of thiophene rings is 1. The molecule has 3 rings (SSSR count). The van der Waals surface area contributed by atoms with Crippen molar-refractivity contribution in [3.63, 3.8) is 0 Å². The molecule has 0 radical (unpaired) electrons. The average Bonchev–Trinajstić information content (AvgIpc) is 3.05. The molecule has 1 fully saturated rings. The Morgan fingerprint density at radius 3 is 2.86 bits per heavy atom. The molecule has 1 saturated heterocycles. The summed E-state index contributed by atoms with van der Waals surface area (Å²) < 4.78 is 5.44. The first-order chi connectivity index (χ1) is 10.7. The fourth-order valence-corrected chi connectivity index (χ4v) is 3.60. The summed E-state index contributed by atoms with van der Waals surface area (Å²) in [4.78, 5) is 24.2. The van der Waals surface area contributed by atoms with Crippen LogP contribution >= 0.6 is 11.3 Å². The number of methoxy groups -OCH3 is 1. The zero-order chi connectivity index (χ0) is 15.5. The first-order valence-electron chi connectivity index (χ1n) is 7.39. The zero-order valence-electron chi connectivity index (χ0n) is 12.7. The highest BCUT2D eigenvalue weighted by atomic mass is 32.1. The quantitative estimate of drug-likeness (QED) is 0.873. The minimum atomic E-state index is 0.0398. The number of amides is 1. The van der Waals surface area contributed by atoms with Crippen LogP contribution in [-0.2, 0) is 4.74 Å². The Kier molecular flexibility index (Phi) is 4.49. The predicted octanol–water partition coefficient (Wildman–Crippen LogP) is 2.84. The Bertz CT molecular complexity index is 644. The standard InChI is InChI=1S/C16H19N3O2S/c1-11-4-5-12(21-2)10-19(11)16(20)13-6-9-22-14(13)15-17-7-3-8-18-15/h3,6-9,11-12H,4-5,10H2,1-2H3/t11-,12-/m1/s1. The summed E-state index contributed by atoms with van der Waals surface area (Å²) in [7, 11) is 1.71. The van der Waals surface area contributed by atoms with E-state index in [-0.39, 0.29) is 18.1 Å². The second-order valence-electron chi connectivity index (χ2n) is 5.48. The molecule has 3 heterocycles. The normalized spacial score (nSPS) is 21.8. The lowest BCUT2D eigenvalue weighted by Gasteiger charge is -2.37. The van der Waals surface area contributed by atoms with Crippen LogP contribution in [0.4, 0.5) is 0 Å². The Morgan fingerprint density at radius 2 is 2.14 bits per heavy atom. The average molecular weight is 317 g/mol. The third kappa shape index (κ3) is 2.89. The van der Waals surface area contributed by atoms with Gasteiger partial charge in [-0.2, -0.15) is 0 Å². The van der Waals surface area contributed by atoms with E-state index in [1.54, 1.807) is 25.6 Å². The monoisotopic (exact) mass is 317 g/mol. The van der Waals surface area contributed by atoms with Crippen molar-refractivity contribution in [1.82, 2.24) is 14.9 Å². The summed E-state index contributed by atoms with van der Waals surface area (Å²) in [5, 5.41) is 1.92. The van der Waals surface area contributed by atoms with E-state index in [9.17, 15) is 4.79 Å². The third-order valence-electron chi connectivity index (χ3n) is 4.10. The third-order valence-corrected chi connectivity index (χ3v) is 5.01. The first kappa shape index (κ1) is 15.1. The number of likely N-dealkylation sites (tertiary alicyclic amines) is 1. The molecular formula is C16H19N3O2S. The van der Waals surface area contributed by atoms with Gasteiger partial charge in [-0.1, -0.05) is 0 Å². The number of nitrogens with zero attached hydrogens (tertiary/aromatic N) is 3. The Morgan fingerprint density at radius 1 is 1.36 bits per heavy atom. The Hall–Kier alpha value is -1.79. The molecule has 0 aliphatic carbocycles. The maximum Gasteiger partial charge on any atom is 0.255 e. The van der Waals surface area contributed by atoms with E-state index in [1.165, 1.54) is 11.3 Å². The van der Waals surface area contributed by atoms with E-state index >= 15 is 0 Å². The summed E-state index contributed by atoms with van der Waals surface area (Å²) in [5.41, 5.74) is 0.680. The predicted molar refractivity (Wildman–Crippen MR) is 85.9 cm³/mol. The minimum absolute atomic E-state index is 0.0398. The highest BCUT2D eigenvalue weighted by molar-refractivity contribution is 7.14. The van der Waals surface area contributed by atoms with Crippen molar-refractivity contribution in [3.8, 4) is 10.7 Å². The molecule has 0 aromatic carbocycles. The Labute approximate surface area is 134 Å². The van der Waals surface area contributed by atoms with E-state index in [2.05, 4.69) is 16.9 Å². The lowest BCUT2D eigenvalue weighted by Crippen LogP contribution is -2.48. The summed E-state index contributed by atoms with van der Waals surface area (Å²) in [6, 6.07) is 3.86. The van der Waals surface area contributed by atoms with Crippen LogP contribution in [0.15, 0.2) is 29.9 Å². The van der Waals surface area contributed by atoms with Crippen molar-refractivity contribution in [2.45, 2.75) is 31.9 Å². The van der Waals surface area contributed by atoms with Crippen LogP contribution in [0.3, 0.4) is 0 Å². The van der Waals surface area contributed by atoms with Crippen molar-refractivity contribution in [2.75, 3.05) is 13.7 Å². The number of aromatic nitrogens is 2. The largest absolute Gasteiger partial charge is 0.380 e. The van der Waals surface area contributed by atoms with Crippen molar-refractivity contribution in [2.24, 2.45) is 0 Å². The van der Waals surface area contributed by atoms with Crippen molar-refractivity contribution < 1.29 is 9.53 Å². The summed E-state index contributed by atoms with van der Waals surface area (Å²) >= 11 is 1.50. The fourth-order valence-electron chi connectivity index (χ4n) is 2.77. The molecule has 116 valence electrons. The van der Waals surface area contributed by atoms with E-state index < -0.39 is 0 Å². The van der Waals surface area contributed by atoms with Crippen LogP contribution in [0.5, 0.6) is 0 Å². The molecule has 1 aliphatic rings. The molecule has 6 heteroatoms. The maximum absolute atomic E-state index is 12.9. The van der Waals surface area contributed by atoms with Crippen LogP contribution in [0, 0.1) is 0 Å². The van der Waals surface area contributed by atoms with Crippen LogP contribution < -0.4 is 0 Å². The van der Waals surface area contributed by atoms with Gasteiger partial charge in [-0.05, 0) is 37.3 Å². The van der Waals surface area contributed by atoms with Crippen molar-refractivity contribution in [1.29, 1.82) is 0 Å². The van der Waals surface area contributed by atoms with E-state index in [0.29, 0.717) is 17.9 Å². The number of carbonyl (C=O) groups excluding carboxylic acids is 1. The van der Waals surface area contributed by atoms with Crippen LogP contribution in [0.25, 0.3) is 10.7 Å². The molecule has 22 heavy (non-hydrogen) atoms. The topological polar surface area (TPSA) is 55.3 Å². The van der Waals surface area contributed by atoms with Crippen molar-refractivity contribution >= 4 is 17.2 Å². The molecule has 2 atom stereocenters. The van der Waals surface area contributed by atoms with Crippen LogP contribution in [0.2, 0.25) is 0 Å². The second kappa shape index (κ2) is 6.54. The number of ether oxygens (including phenoxy) is 1. The smallest absolute Gasteiger partial charge is 0.255 e. The Balaban J connectivity index is 1.88. The number of hydrogen-bond donors (Lipinski definition) is 0. The molecule has 2 aromatic heterocycles. The van der Waals surface area contributed by atoms with Gasteiger partial charge in [0.2, 0.25) is 0 Å². The maximum atomic E-state index is 12.9. The molecular weight excluding hydrogens is 298 g/mol. The fraction of sp³-hybridized carbons (Fsp3) is 0.438. The SMILES string of the molecule is CO[C@@H]1CC[C@@H](C)N(C(=O)c2ccsc2-c2ncccn2)C1. The first-order valence-corrected chi connectivity index (χ1v) is 8.27. The molecule has 5 nitrogen and oxygen atoms in total. The van der Waals surface area contributed by atoms with E-state index in [0.717, 1.165) is 17.7 Å². The highest BCUT2D eigenvalue weighted by Crippen LogP contribution is 2.29. The molecule has 0 bridgehead atoms. The van der Waals surface area contributed by atoms with Gasteiger partial charge in [0.1, 0.15) is 0 Å². The van der Waals surface area contributed by atoms with Gasteiger partial charge in [0, 0.05) is 32.1 Å². The van der Waals surface area contributed by atoms with Gasteiger partial charge in [-0.15, -0.1) is 11.3 Å². The number of piperidine rings is 1. The molecule has 0 unspecified atom stereocenters. The molecule has 0 N–H and O–H groups in total. The zero-order valence-corrected chi connectivity index (χ0v) is 13.5. The van der Waals surface area contributed by atoms with Crippen LogP contribution in [-0.4, -0.2) is 46.6 Å². The van der Waals surface area contributed by atoms with Gasteiger partial charge < -0.3 is 9.64 Å². The number of hydrogen-bond acceptors (Lipinski definition) is 5. The van der Waals surface area contributed by atoms with E-state index in [4.69, 9.17) is 4.74 Å². The number of carbonyl (C=O) groups is 1.